The number of nitrogens with zero attached hydrogens (tertiary/aromatic N) is 2. The summed E-state index contributed by atoms with van der Waals surface area (Å²) in [5.74, 6) is -0.681. The van der Waals surface area contributed by atoms with Gasteiger partial charge >= 0.3 is 5.97 Å². The van der Waals surface area contributed by atoms with Gasteiger partial charge in [0, 0.05) is 5.75 Å². The van der Waals surface area contributed by atoms with Crippen molar-refractivity contribution in [3.63, 3.8) is 0 Å². The third-order valence-corrected chi connectivity index (χ3v) is 3.16. The molecule has 0 aliphatic rings. The number of amides is 1. The fraction of sp³-hybridized carbons (Fsp3) is 0.545. The molecule has 0 bridgehead atoms. The molecule has 0 radical (unpaired) electrons. The van der Waals surface area contributed by atoms with E-state index in [4.69, 9.17) is 16.3 Å². The third kappa shape index (κ3) is 4.43. The predicted molar refractivity (Wildman–Crippen MR) is 74.4 cm³/mol. The van der Waals surface area contributed by atoms with E-state index in [0.717, 1.165) is 0 Å². The van der Waals surface area contributed by atoms with E-state index in [1.54, 1.807) is 13.8 Å². The standard InChI is InChI=1S/C11H16ClN3O3S/c1-3-18-11(17)9(6-19)14-10(16)5-15-7(2)8(12)4-13-15/h4,9,19H,3,5-6H2,1-2H3,(H,14,16)/t9-/m0/s1. The van der Waals surface area contributed by atoms with Crippen molar-refractivity contribution in [1.29, 1.82) is 0 Å². The number of rotatable bonds is 6. The summed E-state index contributed by atoms with van der Waals surface area (Å²) in [6, 6.07) is -0.762. The SMILES string of the molecule is CCOC(=O)[C@H](CS)NC(=O)Cn1ncc(Cl)c1C. The molecule has 0 fully saturated rings. The Labute approximate surface area is 121 Å². The number of hydrogen-bond acceptors (Lipinski definition) is 5. The van der Waals surface area contributed by atoms with Crippen LogP contribution in [0.2, 0.25) is 5.02 Å². The lowest BCUT2D eigenvalue weighted by Gasteiger charge is -2.15. The average molecular weight is 306 g/mol. The molecule has 0 aliphatic carbocycles. The first-order valence-corrected chi connectivity index (χ1v) is 6.75. The molecule has 6 nitrogen and oxygen atoms in total. The van der Waals surface area contributed by atoms with Crippen LogP contribution >= 0.6 is 24.2 Å². The maximum atomic E-state index is 11.8. The molecule has 0 saturated carbocycles. The van der Waals surface area contributed by atoms with E-state index in [0.29, 0.717) is 10.7 Å². The van der Waals surface area contributed by atoms with Gasteiger partial charge in [-0.3, -0.25) is 9.48 Å². The molecule has 0 saturated heterocycles. The zero-order valence-corrected chi connectivity index (χ0v) is 12.4. The number of hydrogen-bond donors (Lipinski definition) is 2. The molecule has 1 aromatic rings. The Bertz CT molecular complexity index is 464. The number of esters is 1. The van der Waals surface area contributed by atoms with Crippen LogP contribution in [0, 0.1) is 6.92 Å². The second-order valence-corrected chi connectivity index (χ2v) is 4.56. The summed E-state index contributed by atoms with van der Waals surface area (Å²) in [7, 11) is 0. The monoisotopic (exact) mass is 305 g/mol. The van der Waals surface area contributed by atoms with E-state index in [9.17, 15) is 9.59 Å². The predicted octanol–water partition coefficient (Wildman–Crippen LogP) is 0.823. The number of halogens is 1. The fourth-order valence-corrected chi connectivity index (χ4v) is 1.76. The normalized spacial score (nSPS) is 12.0. The number of nitrogens with one attached hydrogen (secondary N) is 1. The van der Waals surface area contributed by atoms with Crippen molar-refractivity contribution >= 4 is 36.1 Å². The van der Waals surface area contributed by atoms with Crippen LogP contribution in [0.25, 0.3) is 0 Å². The van der Waals surface area contributed by atoms with Crippen LogP contribution < -0.4 is 5.32 Å². The quantitative estimate of drug-likeness (QED) is 0.603. The average Bonchev–Trinajstić information content (AvgIpc) is 2.68. The highest BCUT2D eigenvalue weighted by atomic mass is 35.5. The third-order valence-electron chi connectivity index (χ3n) is 2.43. The van der Waals surface area contributed by atoms with Gasteiger partial charge in [0.2, 0.25) is 5.91 Å². The zero-order valence-electron chi connectivity index (χ0n) is 10.7. The molecule has 0 spiro atoms. The van der Waals surface area contributed by atoms with Crippen molar-refractivity contribution in [2.24, 2.45) is 0 Å². The molecule has 106 valence electrons. The van der Waals surface area contributed by atoms with Gasteiger partial charge in [-0.15, -0.1) is 0 Å². The van der Waals surface area contributed by atoms with E-state index >= 15 is 0 Å². The van der Waals surface area contributed by atoms with Crippen LogP contribution in [0.15, 0.2) is 6.20 Å². The Morgan fingerprint density at radius 2 is 2.32 bits per heavy atom. The number of thiol groups is 1. The van der Waals surface area contributed by atoms with Crippen molar-refractivity contribution in [1.82, 2.24) is 15.1 Å². The molecule has 1 N–H and O–H groups in total. The van der Waals surface area contributed by atoms with E-state index in [1.807, 2.05) is 0 Å². The molecule has 1 amide bonds. The summed E-state index contributed by atoms with van der Waals surface area (Å²) in [6.45, 7) is 3.70. The lowest BCUT2D eigenvalue weighted by atomic mass is 10.3. The molecule has 0 unspecified atom stereocenters. The second kappa shape index (κ2) is 7.40. The second-order valence-electron chi connectivity index (χ2n) is 3.79. The highest BCUT2D eigenvalue weighted by Crippen LogP contribution is 2.12. The van der Waals surface area contributed by atoms with Crippen molar-refractivity contribution < 1.29 is 14.3 Å². The zero-order chi connectivity index (χ0) is 14.4. The first-order chi connectivity index (χ1) is 8.99. The Kier molecular flexibility index (Phi) is 6.17. The summed E-state index contributed by atoms with van der Waals surface area (Å²) in [4.78, 5) is 23.3. The lowest BCUT2D eigenvalue weighted by Crippen LogP contribution is -2.44. The minimum atomic E-state index is -0.762. The van der Waals surface area contributed by atoms with Gasteiger partial charge in [0.25, 0.3) is 0 Å². The van der Waals surface area contributed by atoms with Gasteiger partial charge in [-0.2, -0.15) is 17.7 Å². The highest BCUT2D eigenvalue weighted by Gasteiger charge is 2.21. The van der Waals surface area contributed by atoms with Crippen molar-refractivity contribution in [2.75, 3.05) is 12.4 Å². The van der Waals surface area contributed by atoms with Gasteiger partial charge < -0.3 is 10.1 Å². The van der Waals surface area contributed by atoms with Crippen LogP contribution in [0.1, 0.15) is 12.6 Å². The number of carbonyl (C=O) groups is 2. The van der Waals surface area contributed by atoms with Gasteiger partial charge in [-0.25, -0.2) is 4.79 Å². The van der Waals surface area contributed by atoms with Crippen LogP contribution in [-0.4, -0.2) is 40.1 Å². The van der Waals surface area contributed by atoms with Gasteiger partial charge in [-0.05, 0) is 13.8 Å². The van der Waals surface area contributed by atoms with Crippen LogP contribution in [0.4, 0.5) is 0 Å². The maximum Gasteiger partial charge on any atom is 0.329 e. The minimum Gasteiger partial charge on any atom is -0.464 e. The summed E-state index contributed by atoms with van der Waals surface area (Å²) >= 11 is 9.85. The minimum absolute atomic E-state index is 0.0117. The largest absolute Gasteiger partial charge is 0.464 e. The van der Waals surface area contributed by atoms with Gasteiger partial charge in [0.05, 0.1) is 23.5 Å². The Morgan fingerprint density at radius 3 is 2.79 bits per heavy atom. The van der Waals surface area contributed by atoms with Crippen LogP contribution in [0.5, 0.6) is 0 Å². The Morgan fingerprint density at radius 1 is 1.63 bits per heavy atom. The molecule has 19 heavy (non-hydrogen) atoms. The van der Waals surface area contributed by atoms with Crippen molar-refractivity contribution in [2.45, 2.75) is 26.4 Å². The Hall–Kier alpha value is -1.21. The van der Waals surface area contributed by atoms with Crippen LogP contribution in [-0.2, 0) is 20.9 Å². The number of carbonyl (C=O) groups excluding carboxylic acids is 2. The molecule has 8 heteroatoms. The molecule has 1 heterocycles. The highest BCUT2D eigenvalue weighted by molar-refractivity contribution is 7.80. The Balaban J connectivity index is 2.59. The topological polar surface area (TPSA) is 73.2 Å². The van der Waals surface area contributed by atoms with Gasteiger partial charge in [-0.1, -0.05) is 11.6 Å². The van der Waals surface area contributed by atoms with E-state index in [1.165, 1.54) is 10.9 Å². The molecular weight excluding hydrogens is 290 g/mol. The fourth-order valence-electron chi connectivity index (χ4n) is 1.38. The first kappa shape index (κ1) is 15.8. The molecule has 0 aliphatic heterocycles. The number of ether oxygens (including phenoxy) is 1. The summed E-state index contributed by atoms with van der Waals surface area (Å²) < 4.78 is 6.28. The van der Waals surface area contributed by atoms with Crippen molar-refractivity contribution in [3.8, 4) is 0 Å². The lowest BCUT2D eigenvalue weighted by molar-refractivity contribution is -0.146. The smallest absolute Gasteiger partial charge is 0.329 e. The number of aromatic nitrogens is 2. The summed E-state index contributed by atoms with van der Waals surface area (Å²) in [5.41, 5.74) is 0.690. The van der Waals surface area contributed by atoms with E-state index in [2.05, 4.69) is 23.0 Å². The summed E-state index contributed by atoms with van der Waals surface area (Å²) in [6.07, 6.45) is 1.46. The van der Waals surface area contributed by atoms with Gasteiger partial charge in [0.1, 0.15) is 12.6 Å². The molecule has 1 atom stereocenters. The van der Waals surface area contributed by atoms with E-state index in [-0.39, 0.29) is 24.8 Å². The van der Waals surface area contributed by atoms with Gasteiger partial charge in [0.15, 0.2) is 0 Å². The summed E-state index contributed by atoms with van der Waals surface area (Å²) in [5, 5.41) is 6.99. The molecular formula is C11H16ClN3O3S. The molecule has 0 aromatic carbocycles. The van der Waals surface area contributed by atoms with Crippen molar-refractivity contribution in [3.05, 3.63) is 16.9 Å². The molecule has 1 aromatic heterocycles. The molecule has 1 rings (SSSR count). The maximum absolute atomic E-state index is 11.8. The van der Waals surface area contributed by atoms with Crippen LogP contribution in [0.3, 0.4) is 0 Å². The first-order valence-electron chi connectivity index (χ1n) is 5.74. The van der Waals surface area contributed by atoms with E-state index < -0.39 is 12.0 Å².